The molecule has 0 radical (unpaired) electrons. The number of fused-ring (bicyclic) bond motifs is 3. The van der Waals surface area contributed by atoms with Gasteiger partial charge in [-0.15, -0.1) is 12.8 Å². The Balaban J connectivity index is 0.000000153. The standard InChI is InChI=1S/C12H15N.C12H18O2.H3NS/c13-12-10-5-1-3-8(10)7-9-4-2-6-11(9)12;1-7(2)9-5-11(13)10-4-8(3)14-12(10)6-9;1-2/h7H,1-6,13H2;4,7,9,11,13H,5-6H2,1-3H3;2H,1H2. The summed E-state index contributed by atoms with van der Waals surface area (Å²) in [7, 11) is 0. The molecule has 0 saturated carbocycles. The summed E-state index contributed by atoms with van der Waals surface area (Å²) in [4.78, 5) is 0. The zero-order valence-electron chi connectivity index (χ0n) is 18.0. The van der Waals surface area contributed by atoms with E-state index in [4.69, 9.17) is 10.2 Å². The Bertz CT molecular complexity index is 812. The average molecular weight is 417 g/mol. The summed E-state index contributed by atoms with van der Waals surface area (Å²) in [5.41, 5.74) is 14.4. The number of nitrogen functional groups attached to an aromatic ring is 1. The summed E-state index contributed by atoms with van der Waals surface area (Å²) < 4.78 is 5.60. The van der Waals surface area contributed by atoms with E-state index in [1.807, 2.05) is 13.0 Å². The number of benzene rings is 1. The number of aliphatic hydroxyl groups is 1. The maximum absolute atomic E-state index is 9.93. The first-order chi connectivity index (χ1) is 13.9. The van der Waals surface area contributed by atoms with Crippen LogP contribution in [0.25, 0.3) is 0 Å². The minimum atomic E-state index is -0.316. The Kier molecular flexibility index (Phi) is 7.36. The quantitative estimate of drug-likeness (QED) is 0.394. The molecule has 2 atom stereocenters. The average Bonchev–Trinajstić information content (AvgIpc) is 3.43. The number of aryl methyl sites for hydroxylation is 3. The third kappa shape index (κ3) is 4.68. The maximum atomic E-state index is 9.93. The summed E-state index contributed by atoms with van der Waals surface area (Å²) in [6.07, 6.45) is 9.11. The van der Waals surface area contributed by atoms with Crippen molar-refractivity contribution >= 4 is 18.5 Å². The second-order valence-electron chi connectivity index (χ2n) is 8.97. The normalized spacial score (nSPS) is 21.5. The van der Waals surface area contributed by atoms with Crippen LogP contribution in [0.3, 0.4) is 0 Å². The highest BCUT2D eigenvalue weighted by Crippen LogP contribution is 2.38. The Morgan fingerprint density at radius 3 is 2.17 bits per heavy atom. The Morgan fingerprint density at radius 2 is 1.62 bits per heavy atom. The predicted octanol–water partition coefficient (Wildman–Crippen LogP) is 4.88. The molecule has 29 heavy (non-hydrogen) atoms. The first-order valence-corrected chi connectivity index (χ1v) is 11.4. The number of rotatable bonds is 1. The van der Waals surface area contributed by atoms with Gasteiger partial charge in [0.1, 0.15) is 11.5 Å². The summed E-state index contributed by atoms with van der Waals surface area (Å²) >= 11 is 3.03. The van der Waals surface area contributed by atoms with Gasteiger partial charge in [0.15, 0.2) is 0 Å². The fourth-order valence-corrected chi connectivity index (χ4v) is 5.13. The topological polar surface area (TPSA) is 85.4 Å². The van der Waals surface area contributed by atoms with E-state index >= 15 is 0 Å². The third-order valence-corrected chi connectivity index (χ3v) is 6.76. The lowest BCUT2D eigenvalue weighted by Gasteiger charge is -2.27. The monoisotopic (exact) mass is 416 g/mol. The van der Waals surface area contributed by atoms with Crippen molar-refractivity contribution in [2.45, 2.75) is 78.2 Å². The van der Waals surface area contributed by atoms with Gasteiger partial charge < -0.3 is 15.3 Å². The first-order valence-electron chi connectivity index (χ1n) is 10.9. The van der Waals surface area contributed by atoms with Crippen molar-refractivity contribution in [3.05, 3.63) is 51.5 Å². The van der Waals surface area contributed by atoms with Crippen LogP contribution in [-0.4, -0.2) is 5.11 Å². The molecule has 1 aromatic heterocycles. The molecule has 3 aliphatic carbocycles. The fourth-order valence-electron chi connectivity index (χ4n) is 5.13. The number of thiol groups is 1. The van der Waals surface area contributed by atoms with Crippen LogP contribution in [0, 0.1) is 18.8 Å². The van der Waals surface area contributed by atoms with Crippen LogP contribution in [0.5, 0.6) is 0 Å². The highest BCUT2D eigenvalue weighted by Gasteiger charge is 2.30. The Hall–Kier alpha value is -1.43. The number of hydrogen-bond donors (Lipinski definition) is 4. The summed E-state index contributed by atoms with van der Waals surface area (Å²) in [5, 5.41) is 14.1. The lowest BCUT2D eigenvalue weighted by Crippen LogP contribution is -2.21. The number of nitrogens with two attached hydrogens (primary N) is 2. The molecule has 1 heterocycles. The van der Waals surface area contributed by atoms with Crippen molar-refractivity contribution in [1.29, 1.82) is 0 Å². The first kappa shape index (κ1) is 22.3. The second kappa shape index (κ2) is 9.59. The van der Waals surface area contributed by atoms with Crippen molar-refractivity contribution in [2.75, 3.05) is 5.73 Å². The lowest BCUT2D eigenvalue weighted by molar-refractivity contribution is 0.111. The SMILES string of the molecule is Cc1cc2c(o1)CC(C(C)C)CC2O.NS.Nc1c2c(cc3c1CCC3)CCC2. The van der Waals surface area contributed by atoms with Gasteiger partial charge >= 0.3 is 0 Å². The van der Waals surface area contributed by atoms with Crippen molar-refractivity contribution < 1.29 is 9.52 Å². The van der Waals surface area contributed by atoms with Crippen LogP contribution in [0.15, 0.2) is 16.5 Å². The van der Waals surface area contributed by atoms with Crippen molar-refractivity contribution in [2.24, 2.45) is 17.0 Å². The number of furan rings is 1. The molecule has 5 rings (SSSR count). The van der Waals surface area contributed by atoms with Gasteiger partial charge in [-0.1, -0.05) is 19.9 Å². The van der Waals surface area contributed by atoms with Gasteiger partial charge in [0, 0.05) is 17.7 Å². The van der Waals surface area contributed by atoms with Gasteiger partial charge in [-0.3, -0.25) is 5.14 Å². The molecule has 0 fully saturated rings. The molecule has 3 aliphatic rings. The molecule has 160 valence electrons. The Labute approximate surface area is 180 Å². The van der Waals surface area contributed by atoms with Gasteiger partial charge in [0.2, 0.25) is 0 Å². The number of anilines is 1. The van der Waals surface area contributed by atoms with Gasteiger partial charge in [0.25, 0.3) is 0 Å². The van der Waals surface area contributed by atoms with Gasteiger partial charge in [-0.05, 0) is 92.0 Å². The van der Waals surface area contributed by atoms with E-state index in [9.17, 15) is 5.11 Å². The van der Waals surface area contributed by atoms with Crippen LogP contribution in [0.2, 0.25) is 0 Å². The molecule has 0 saturated heterocycles. The molecule has 4 nitrogen and oxygen atoms in total. The largest absolute Gasteiger partial charge is 0.466 e. The van der Waals surface area contributed by atoms with E-state index in [1.165, 1.54) is 60.8 Å². The van der Waals surface area contributed by atoms with Crippen molar-refractivity contribution in [3.8, 4) is 0 Å². The molecule has 5 N–H and O–H groups in total. The maximum Gasteiger partial charge on any atom is 0.110 e. The molecule has 1 aromatic carbocycles. The van der Waals surface area contributed by atoms with Crippen LogP contribution < -0.4 is 10.9 Å². The minimum absolute atomic E-state index is 0.316. The van der Waals surface area contributed by atoms with Crippen LogP contribution >= 0.6 is 12.8 Å². The molecule has 2 aromatic rings. The van der Waals surface area contributed by atoms with Gasteiger partial charge in [-0.25, -0.2) is 0 Å². The van der Waals surface area contributed by atoms with E-state index in [0.29, 0.717) is 11.8 Å². The van der Waals surface area contributed by atoms with Gasteiger partial charge in [-0.2, -0.15) is 0 Å². The summed E-state index contributed by atoms with van der Waals surface area (Å²) in [5.74, 6) is 3.09. The summed E-state index contributed by atoms with van der Waals surface area (Å²) in [6.45, 7) is 6.35. The van der Waals surface area contributed by atoms with E-state index in [0.717, 1.165) is 35.6 Å². The van der Waals surface area contributed by atoms with Crippen LogP contribution in [0.4, 0.5) is 5.69 Å². The number of hydrogen-bond acceptors (Lipinski definition) is 5. The molecular formula is C24H36N2O2S. The second-order valence-corrected chi connectivity index (χ2v) is 8.97. The smallest absolute Gasteiger partial charge is 0.110 e. The van der Waals surface area contributed by atoms with E-state index in [1.54, 1.807) is 0 Å². The highest BCUT2D eigenvalue weighted by molar-refractivity contribution is 7.77. The zero-order valence-corrected chi connectivity index (χ0v) is 18.9. The van der Waals surface area contributed by atoms with E-state index < -0.39 is 0 Å². The highest BCUT2D eigenvalue weighted by atomic mass is 32.1. The molecule has 0 bridgehead atoms. The van der Waals surface area contributed by atoms with Crippen LogP contribution in [-0.2, 0) is 32.1 Å². The van der Waals surface area contributed by atoms with Gasteiger partial charge in [0.05, 0.1) is 6.10 Å². The molecule has 0 spiro atoms. The zero-order chi connectivity index (χ0) is 21.1. The third-order valence-electron chi connectivity index (χ3n) is 6.76. The van der Waals surface area contributed by atoms with E-state index in [2.05, 4.69) is 37.9 Å². The predicted molar refractivity (Wildman–Crippen MR) is 123 cm³/mol. The summed E-state index contributed by atoms with van der Waals surface area (Å²) in [6, 6.07) is 4.39. The molecule has 5 heteroatoms. The molecule has 2 unspecified atom stereocenters. The number of aliphatic hydroxyl groups excluding tert-OH is 1. The van der Waals surface area contributed by atoms with Crippen LogP contribution in [0.1, 0.15) is 78.6 Å². The molecule has 0 aliphatic heterocycles. The van der Waals surface area contributed by atoms with E-state index in [-0.39, 0.29) is 6.10 Å². The fraction of sp³-hybridized carbons (Fsp3) is 0.583. The van der Waals surface area contributed by atoms with Crippen molar-refractivity contribution in [1.82, 2.24) is 0 Å². The minimum Gasteiger partial charge on any atom is -0.466 e. The van der Waals surface area contributed by atoms with Crippen molar-refractivity contribution in [3.63, 3.8) is 0 Å². The lowest BCUT2D eigenvalue weighted by atomic mass is 9.80. The molecule has 0 amide bonds. The molecular weight excluding hydrogens is 380 g/mol. The Morgan fingerprint density at radius 1 is 1.03 bits per heavy atom.